The van der Waals surface area contributed by atoms with Gasteiger partial charge in [0.2, 0.25) is 11.8 Å². The van der Waals surface area contributed by atoms with Gasteiger partial charge in [-0.1, -0.05) is 0 Å². The van der Waals surface area contributed by atoms with E-state index in [-0.39, 0.29) is 61.7 Å². The number of aromatic nitrogens is 6. The van der Waals surface area contributed by atoms with Crippen LogP contribution in [0.5, 0.6) is 0 Å². The van der Waals surface area contributed by atoms with E-state index in [1.54, 1.807) is 12.3 Å². The molecule has 2 amide bonds. The number of likely N-dealkylation sites (tertiary alicyclic amines) is 1. The molecule has 2 N–H and O–H groups in total. The molecule has 4 aliphatic rings. The summed E-state index contributed by atoms with van der Waals surface area (Å²) in [6.07, 6.45) is -1.50. The van der Waals surface area contributed by atoms with E-state index < -0.39 is 48.3 Å². The van der Waals surface area contributed by atoms with E-state index in [0.29, 0.717) is 42.3 Å². The number of amides is 2. The van der Waals surface area contributed by atoms with Gasteiger partial charge in [-0.05, 0) is 51.6 Å². The number of aryl methyl sites for hydroxylation is 1. The average Bonchev–Trinajstić information content (AvgIpc) is 3.78. The first-order valence-corrected chi connectivity index (χ1v) is 16.9. The average molecular weight is 694 g/mol. The predicted molar refractivity (Wildman–Crippen MR) is 164 cm³/mol. The van der Waals surface area contributed by atoms with E-state index in [9.17, 15) is 31.5 Å². The Balaban J connectivity index is 1.24. The number of alkyl halides is 5. The zero-order chi connectivity index (χ0) is 34.7. The summed E-state index contributed by atoms with van der Waals surface area (Å²) in [4.78, 5) is 38.1. The second-order valence-electron chi connectivity index (χ2n) is 14.2. The molecule has 1 saturated carbocycles. The Hall–Kier alpha value is -3.73. The number of hydrogen-bond acceptors (Lipinski definition) is 8. The number of carbonyl (C=O) groups is 2. The zero-order valence-corrected chi connectivity index (χ0v) is 27.3. The van der Waals surface area contributed by atoms with Crippen molar-refractivity contribution in [3.8, 4) is 0 Å². The number of piperidine rings is 1. The molecule has 0 aromatic carbocycles. The fraction of sp³-hybridized carbons (Fsp3) is 0.688. The fourth-order valence-electron chi connectivity index (χ4n) is 8.06. The molecule has 3 saturated heterocycles. The minimum atomic E-state index is -4.46. The summed E-state index contributed by atoms with van der Waals surface area (Å²) in [6, 6.07) is 0.830. The van der Waals surface area contributed by atoms with Gasteiger partial charge in [-0.25, -0.2) is 23.3 Å². The van der Waals surface area contributed by atoms with Crippen LogP contribution in [0.4, 0.5) is 22.0 Å². The summed E-state index contributed by atoms with van der Waals surface area (Å²) in [5, 5.41) is 14.4. The number of fused-ring (bicyclic) bond motifs is 1. The second-order valence-corrected chi connectivity index (χ2v) is 14.2. The summed E-state index contributed by atoms with van der Waals surface area (Å²) < 4.78 is 78.6. The normalized spacial score (nSPS) is 26.5. The maximum Gasteiger partial charge on any atom is 0.393 e. The summed E-state index contributed by atoms with van der Waals surface area (Å²) in [6.45, 7) is 3.64. The zero-order valence-electron chi connectivity index (χ0n) is 27.3. The summed E-state index contributed by atoms with van der Waals surface area (Å²) in [7, 11) is 1.99. The topological polar surface area (TPSA) is 132 Å². The molecule has 1 unspecified atom stereocenters. The number of ether oxygens (including phenoxy) is 1. The highest BCUT2D eigenvalue weighted by molar-refractivity contribution is 5.92. The number of halogens is 5. The Morgan fingerprint density at radius 1 is 1.20 bits per heavy atom. The molecule has 7 rings (SSSR count). The molecule has 3 aromatic heterocycles. The van der Waals surface area contributed by atoms with Gasteiger partial charge >= 0.3 is 6.18 Å². The van der Waals surface area contributed by atoms with E-state index in [0.717, 1.165) is 13.1 Å². The van der Waals surface area contributed by atoms with Crippen molar-refractivity contribution in [1.82, 2.24) is 44.9 Å². The second kappa shape index (κ2) is 12.5. The molecule has 6 heterocycles. The summed E-state index contributed by atoms with van der Waals surface area (Å²) in [5.41, 5.74) is 1.24. The number of nitrogens with zero attached hydrogens (tertiary/aromatic N) is 7. The van der Waals surface area contributed by atoms with Crippen molar-refractivity contribution >= 4 is 17.6 Å². The van der Waals surface area contributed by atoms with E-state index in [1.165, 1.54) is 15.4 Å². The monoisotopic (exact) mass is 693 g/mol. The van der Waals surface area contributed by atoms with Crippen LogP contribution in [-0.4, -0.2) is 97.1 Å². The molecule has 0 radical (unpaired) electrons. The number of carbonyl (C=O) groups excluding carboxylic acids is 2. The van der Waals surface area contributed by atoms with Gasteiger partial charge in [0.15, 0.2) is 0 Å². The molecule has 3 aromatic rings. The first-order chi connectivity index (χ1) is 23.2. The van der Waals surface area contributed by atoms with Gasteiger partial charge in [-0.2, -0.15) is 23.4 Å². The van der Waals surface area contributed by atoms with Crippen LogP contribution in [0.15, 0.2) is 18.5 Å². The van der Waals surface area contributed by atoms with Crippen LogP contribution in [0.1, 0.15) is 85.0 Å². The summed E-state index contributed by atoms with van der Waals surface area (Å²) in [5.74, 6) is -6.71. The lowest BCUT2D eigenvalue weighted by Gasteiger charge is -2.45. The van der Waals surface area contributed by atoms with E-state index >= 15 is 0 Å². The van der Waals surface area contributed by atoms with Gasteiger partial charge in [-0.3, -0.25) is 14.3 Å². The molecule has 1 aliphatic carbocycles. The fourth-order valence-corrected chi connectivity index (χ4v) is 8.06. The summed E-state index contributed by atoms with van der Waals surface area (Å²) >= 11 is 0. The van der Waals surface area contributed by atoms with Crippen molar-refractivity contribution in [3.63, 3.8) is 0 Å². The van der Waals surface area contributed by atoms with Gasteiger partial charge in [0.1, 0.15) is 5.69 Å². The van der Waals surface area contributed by atoms with Crippen molar-refractivity contribution in [2.75, 3.05) is 33.3 Å². The lowest BCUT2D eigenvalue weighted by molar-refractivity contribution is -0.183. The van der Waals surface area contributed by atoms with Crippen LogP contribution >= 0.6 is 0 Å². The van der Waals surface area contributed by atoms with Crippen LogP contribution in [0, 0.1) is 17.8 Å². The van der Waals surface area contributed by atoms with Crippen LogP contribution in [0.3, 0.4) is 0 Å². The van der Waals surface area contributed by atoms with Crippen LogP contribution in [0.2, 0.25) is 0 Å². The van der Waals surface area contributed by atoms with E-state index in [2.05, 4.69) is 20.6 Å². The number of rotatable bonds is 8. The molecule has 49 heavy (non-hydrogen) atoms. The lowest BCUT2D eigenvalue weighted by Crippen LogP contribution is -2.59. The Bertz CT molecular complexity index is 1710. The Morgan fingerprint density at radius 2 is 1.96 bits per heavy atom. The quantitative estimate of drug-likeness (QED) is 0.342. The molecular formula is C32H40F5N9O3. The lowest BCUT2D eigenvalue weighted by atomic mass is 9.81. The first kappa shape index (κ1) is 33.8. The smallest absolute Gasteiger partial charge is 0.372 e. The minimum absolute atomic E-state index is 0.0630. The van der Waals surface area contributed by atoms with E-state index in [4.69, 9.17) is 19.8 Å². The Morgan fingerprint density at radius 3 is 2.65 bits per heavy atom. The van der Waals surface area contributed by atoms with Crippen molar-refractivity contribution in [1.29, 1.82) is 0 Å². The largest absolute Gasteiger partial charge is 0.393 e. The van der Waals surface area contributed by atoms with Gasteiger partial charge in [0.05, 0.1) is 47.4 Å². The van der Waals surface area contributed by atoms with Gasteiger partial charge < -0.3 is 20.3 Å². The molecule has 4 atom stereocenters. The van der Waals surface area contributed by atoms with Crippen molar-refractivity contribution in [2.24, 2.45) is 17.8 Å². The molecular weight excluding hydrogens is 653 g/mol. The number of imidazole rings is 1. The van der Waals surface area contributed by atoms with Gasteiger partial charge in [0, 0.05) is 63.5 Å². The van der Waals surface area contributed by atoms with E-state index in [1.807, 2.05) is 14.0 Å². The molecule has 0 bridgehead atoms. The number of nitrogens with one attached hydrogen (secondary N) is 2. The highest BCUT2D eigenvalue weighted by Crippen LogP contribution is 2.44. The van der Waals surface area contributed by atoms with Crippen LogP contribution < -0.4 is 10.6 Å². The predicted octanol–water partition coefficient (Wildman–Crippen LogP) is 3.68. The molecule has 17 heteroatoms. The first-order valence-electron chi connectivity index (χ1n) is 16.9. The highest BCUT2D eigenvalue weighted by Gasteiger charge is 2.50. The molecule has 4 fully saturated rings. The third-order valence-corrected chi connectivity index (χ3v) is 10.6. The van der Waals surface area contributed by atoms with Gasteiger partial charge in [-0.15, -0.1) is 0 Å². The van der Waals surface area contributed by atoms with Crippen molar-refractivity contribution < 1.29 is 36.3 Å². The molecule has 12 nitrogen and oxygen atoms in total. The molecule has 3 aliphatic heterocycles. The third-order valence-electron chi connectivity index (χ3n) is 10.6. The number of hydrogen-bond donors (Lipinski definition) is 2. The van der Waals surface area contributed by atoms with Crippen molar-refractivity contribution in [2.45, 2.75) is 88.1 Å². The van der Waals surface area contributed by atoms with Crippen LogP contribution in [0.25, 0.3) is 5.78 Å². The van der Waals surface area contributed by atoms with Crippen molar-refractivity contribution in [3.05, 3.63) is 41.2 Å². The maximum atomic E-state index is 14.2. The Kier molecular flexibility index (Phi) is 8.64. The van der Waals surface area contributed by atoms with Crippen LogP contribution in [-0.2, 0) is 22.5 Å². The van der Waals surface area contributed by atoms with Gasteiger partial charge in [0.25, 0.3) is 11.7 Å². The SMILES string of the molecule is CCn1nccc1C(=O)N[C@H](c1cn2nc(C[C@H]3C[C@@H](C(F)(F)F)CNC3=O)c(C3COC4(C3)CN(C)C4)nc2n1)C1CCC(F)(F)CC1. The maximum absolute atomic E-state index is 14.2. The Labute approximate surface area is 279 Å². The molecule has 1 spiro atoms. The minimum Gasteiger partial charge on any atom is -0.372 e. The third kappa shape index (κ3) is 6.75. The molecule has 266 valence electrons. The highest BCUT2D eigenvalue weighted by atomic mass is 19.4. The number of likely N-dealkylation sites (N-methyl/N-ethyl adjacent to an activating group) is 1. The standard InChI is InChI=1S/C32H40F5N9O3/c1-3-45-24(6-9-39-45)28(48)41-25(18-4-7-31(33,34)8-5-18)23-14-46-29(40-23)42-26(20-12-30(49-15-20)16-44(2)17-30)22(43-46)11-19-10-21(32(35,36)37)13-38-27(19)47/h6,9,14,18-21,25H,3-5,7-8,10-13,15-17H2,1-2H3,(H,38,47)(H,41,48)/t19-,20?,21-,25+/m1/s1.